The predicted octanol–water partition coefficient (Wildman–Crippen LogP) is 3.55. The Morgan fingerprint density at radius 2 is 1.58 bits per heavy atom. The van der Waals surface area contributed by atoms with Gasteiger partial charge in [-0.05, 0) is 0 Å². The van der Waals surface area contributed by atoms with E-state index in [0.717, 1.165) is 10.8 Å². The van der Waals surface area contributed by atoms with Gasteiger partial charge >= 0.3 is 83.3 Å². The van der Waals surface area contributed by atoms with Gasteiger partial charge in [-0.2, -0.15) is 0 Å². The standard InChI is InChI=1S/C6H5ClO.3CH3.Sn/c7-5-1-3-6(8)4-2-5;;;;/h1-4,8H;3*1H3;/q;;;;+1/p-1. The Morgan fingerprint density at radius 3 is 2.00 bits per heavy atom. The topological polar surface area (TPSA) is 9.23 Å². The van der Waals surface area contributed by atoms with Crippen molar-refractivity contribution < 1.29 is 3.07 Å². The molecule has 3 heteroatoms. The molecule has 0 saturated carbocycles. The molecular formula is C9H13ClOSn. The third-order valence-electron chi connectivity index (χ3n) is 1.24. The summed E-state index contributed by atoms with van der Waals surface area (Å²) in [5.41, 5.74) is 0. The predicted molar refractivity (Wildman–Crippen MR) is 55.4 cm³/mol. The average molecular weight is 291 g/mol. The summed E-state index contributed by atoms with van der Waals surface area (Å²) in [6.45, 7) is 0. The molecule has 0 unspecified atom stereocenters. The van der Waals surface area contributed by atoms with E-state index in [1.165, 1.54) is 0 Å². The number of hydrogen-bond donors (Lipinski definition) is 0. The molecule has 0 aromatic heterocycles. The first-order valence-corrected chi connectivity index (χ1v) is 14.0. The quantitative estimate of drug-likeness (QED) is 0.757. The fraction of sp³-hybridized carbons (Fsp3) is 0.333. The van der Waals surface area contributed by atoms with Crippen LogP contribution in [-0.2, 0) is 0 Å². The van der Waals surface area contributed by atoms with Crippen molar-refractivity contribution in [2.45, 2.75) is 14.8 Å². The molecule has 0 aliphatic rings. The van der Waals surface area contributed by atoms with Crippen molar-refractivity contribution in [3.05, 3.63) is 29.3 Å². The van der Waals surface area contributed by atoms with Crippen molar-refractivity contribution in [3.8, 4) is 5.75 Å². The first kappa shape index (κ1) is 10.2. The van der Waals surface area contributed by atoms with Crippen molar-refractivity contribution in [1.82, 2.24) is 0 Å². The van der Waals surface area contributed by atoms with Crippen LogP contribution in [0.4, 0.5) is 0 Å². The van der Waals surface area contributed by atoms with Crippen molar-refractivity contribution in [2.75, 3.05) is 0 Å². The number of hydrogen-bond acceptors (Lipinski definition) is 1. The summed E-state index contributed by atoms with van der Waals surface area (Å²) in [4.78, 5) is 6.68. The Hall–Kier alpha value is 0.109. The number of rotatable bonds is 2. The van der Waals surface area contributed by atoms with Crippen LogP contribution >= 0.6 is 11.6 Å². The van der Waals surface area contributed by atoms with Crippen LogP contribution in [-0.4, -0.2) is 18.8 Å². The third kappa shape index (κ3) is 3.67. The molecule has 12 heavy (non-hydrogen) atoms. The molecule has 0 amide bonds. The summed E-state index contributed by atoms with van der Waals surface area (Å²) < 4.78 is 5.81. The second-order valence-corrected chi connectivity index (χ2v) is 16.7. The van der Waals surface area contributed by atoms with Gasteiger partial charge < -0.3 is 0 Å². The molecule has 1 aromatic carbocycles. The van der Waals surface area contributed by atoms with Crippen LogP contribution in [0.15, 0.2) is 24.3 Å². The molecule has 0 fully saturated rings. The zero-order valence-corrected chi connectivity index (χ0v) is 11.2. The van der Waals surface area contributed by atoms with Gasteiger partial charge in [0.2, 0.25) is 0 Å². The summed E-state index contributed by atoms with van der Waals surface area (Å²) in [5.74, 6) is 0.947. The minimum absolute atomic E-state index is 0.756. The van der Waals surface area contributed by atoms with Crippen molar-refractivity contribution in [1.29, 1.82) is 0 Å². The molecule has 1 aromatic rings. The van der Waals surface area contributed by atoms with Gasteiger partial charge in [-0.3, -0.25) is 0 Å². The molecule has 0 N–H and O–H groups in total. The van der Waals surface area contributed by atoms with Gasteiger partial charge in [0.15, 0.2) is 0 Å². The number of halogens is 1. The van der Waals surface area contributed by atoms with Crippen LogP contribution in [0, 0.1) is 0 Å². The summed E-state index contributed by atoms with van der Waals surface area (Å²) >= 11 is 3.61. The molecule has 0 radical (unpaired) electrons. The van der Waals surface area contributed by atoms with E-state index in [0.29, 0.717) is 0 Å². The Bertz CT molecular complexity index is 250. The second-order valence-electron chi connectivity index (χ2n) is 3.67. The molecule has 0 saturated heterocycles. The Kier molecular flexibility index (Phi) is 3.29. The summed E-state index contributed by atoms with van der Waals surface area (Å²) in [6.07, 6.45) is 0. The molecule has 0 aliphatic heterocycles. The monoisotopic (exact) mass is 292 g/mol. The van der Waals surface area contributed by atoms with Crippen LogP contribution in [0.5, 0.6) is 5.75 Å². The minimum atomic E-state index is -2.13. The summed E-state index contributed by atoms with van der Waals surface area (Å²) in [5, 5.41) is 0.756. The zero-order valence-electron chi connectivity index (χ0n) is 7.60. The molecule has 0 aliphatic carbocycles. The van der Waals surface area contributed by atoms with Crippen molar-refractivity contribution in [3.63, 3.8) is 0 Å². The van der Waals surface area contributed by atoms with Crippen LogP contribution in [0.2, 0.25) is 19.8 Å². The van der Waals surface area contributed by atoms with E-state index in [-0.39, 0.29) is 0 Å². The van der Waals surface area contributed by atoms with Gasteiger partial charge in [-0.25, -0.2) is 0 Å². The third-order valence-corrected chi connectivity index (χ3v) is 3.91. The second kappa shape index (κ2) is 3.88. The van der Waals surface area contributed by atoms with Gasteiger partial charge in [-0.1, -0.05) is 0 Å². The maximum atomic E-state index is 5.81. The van der Waals surface area contributed by atoms with Gasteiger partial charge in [0.25, 0.3) is 0 Å². The molecule has 0 spiro atoms. The van der Waals surface area contributed by atoms with Gasteiger partial charge in [0.05, 0.1) is 0 Å². The van der Waals surface area contributed by atoms with Crippen molar-refractivity contribution >= 4 is 30.4 Å². The molecule has 0 bridgehead atoms. The summed E-state index contributed by atoms with van der Waals surface area (Å²) in [6, 6.07) is 7.55. The molecular weight excluding hydrogens is 278 g/mol. The van der Waals surface area contributed by atoms with Crippen LogP contribution in [0.25, 0.3) is 0 Å². The van der Waals surface area contributed by atoms with Gasteiger partial charge in [0.1, 0.15) is 0 Å². The fourth-order valence-corrected chi connectivity index (χ4v) is 3.39. The first-order chi connectivity index (χ1) is 5.47. The maximum absolute atomic E-state index is 5.81. The molecule has 1 rings (SSSR count). The van der Waals surface area contributed by atoms with Gasteiger partial charge in [-0.15, -0.1) is 0 Å². The average Bonchev–Trinajstić information content (AvgIpc) is 1.91. The number of benzene rings is 1. The van der Waals surface area contributed by atoms with E-state index in [2.05, 4.69) is 14.8 Å². The molecule has 0 heterocycles. The molecule has 1 nitrogen and oxygen atoms in total. The Morgan fingerprint density at radius 1 is 1.08 bits per heavy atom. The van der Waals surface area contributed by atoms with Crippen LogP contribution in [0.3, 0.4) is 0 Å². The van der Waals surface area contributed by atoms with E-state index in [9.17, 15) is 0 Å². The van der Waals surface area contributed by atoms with E-state index in [1.54, 1.807) is 0 Å². The van der Waals surface area contributed by atoms with E-state index in [4.69, 9.17) is 14.7 Å². The van der Waals surface area contributed by atoms with Crippen LogP contribution in [0.1, 0.15) is 0 Å². The van der Waals surface area contributed by atoms with E-state index < -0.39 is 18.8 Å². The molecule has 66 valence electrons. The van der Waals surface area contributed by atoms with E-state index in [1.807, 2.05) is 24.3 Å². The zero-order chi connectivity index (χ0) is 9.19. The fourth-order valence-electron chi connectivity index (χ4n) is 0.856. The summed E-state index contributed by atoms with van der Waals surface area (Å²) in [7, 11) is 0. The normalized spacial score (nSPS) is 11.3. The SMILES string of the molecule is [CH3][Sn]([CH3])([CH3])[O]c1ccc(Cl)cc1. The van der Waals surface area contributed by atoms with Crippen molar-refractivity contribution in [2.24, 2.45) is 0 Å². The van der Waals surface area contributed by atoms with Gasteiger partial charge in [0, 0.05) is 0 Å². The van der Waals surface area contributed by atoms with E-state index >= 15 is 0 Å². The molecule has 0 atom stereocenters. The Balaban J connectivity index is 2.71. The Labute approximate surface area is 83.1 Å². The van der Waals surface area contributed by atoms with Crippen LogP contribution < -0.4 is 3.07 Å². The first-order valence-electron chi connectivity index (χ1n) is 3.92.